The first-order valence-electron chi connectivity index (χ1n) is 8.07. The first-order chi connectivity index (χ1) is 11.2. The lowest BCUT2D eigenvalue weighted by atomic mass is 10.1. The Kier molecular flexibility index (Phi) is 8.65. The van der Waals surface area contributed by atoms with Crippen LogP contribution in [-0.4, -0.2) is 32.4 Å². The SMILES string of the molecule is CCCOC(=O)C=Cc1cc(OCC)cc(OCC)c1OCC. The fraction of sp³-hybridized carbons (Fsp3) is 0.500. The fourth-order valence-electron chi connectivity index (χ4n) is 1.94. The molecule has 1 aromatic rings. The van der Waals surface area contributed by atoms with Gasteiger partial charge >= 0.3 is 5.97 Å². The van der Waals surface area contributed by atoms with Crippen molar-refractivity contribution in [2.45, 2.75) is 34.1 Å². The summed E-state index contributed by atoms with van der Waals surface area (Å²) >= 11 is 0. The van der Waals surface area contributed by atoms with Gasteiger partial charge in [-0.3, -0.25) is 0 Å². The largest absolute Gasteiger partial charge is 0.494 e. The lowest BCUT2D eigenvalue weighted by molar-refractivity contribution is -0.137. The minimum atomic E-state index is -0.380. The Labute approximate surface area is 138 Å². The van der Waals surface area contributed by atoms with Crippen molar-refractivity contribution in [1.82, 2.24) is 0 Å². The minimum Gasteiger partial charge on any atom is -0.494 e. The lowest BCUT2D eigenvalue weighted by Crippen LogP contribution is -2.03. The van der Waals surface area contributed by atoms with Crippen LogP contribution in [0.5, 0.6) is 17.2 Å². The third kappa shape index (κ3) is 6.22. The molecule has 0 fully saturated rings. The number of hydrogen-bond donors (Lipinski definition) is 0. The highest BCUT2D eigenvalue weighted by molar-refractivity contribution is 5.88. The van der Waals surface area contributed by atoms with Gasteiger partial charge in [-0.2, -0.15) is 0 Å². The highest BCUT2D eigenvalue weighted by Crippen LogP contribution is 2.37. The monoisotopic (exact) mass is 322 g/mol. The molecule has 128 valence electrons. The van der Waals surface area contributed by atoms with Crippen molar-refractivity contribution in [3.8, 4) is 17.2 Å². The maximum Gasteiger partial charge on any atom is 0.330 e. The van der Waals surface area contributed by atoms with E-state index < -0.39 is 0 Å². The Morgan fingerprint density at radius 2 is 1.70 bits per heavy atom. The Balaban J connectivity index is 3.13. The Bertz CT molecular complexity index is 522. The van der Waals surface area contributed by atoms with Crippen molar-refractivity contribution in [3.05, 3.63) is 23.8 Å². The number of rotatable bonds is 10. The molecule has 0 amide bonds. The maximum atomic E-state index is 11.7. The molecule has 0 heterocycles. The van der Waals surface area contributed by atoms with Gasteiger partial charge in [-0.15, -0.1) is 0 Å². The van der Waals surface area contributed by atoms with Crippen LogP contribution in [0.4, 0.5) is 0 Å². The van der Waals surface area contributed by atoms with Crippen molar-refractivity contribution < 1.29 is 23.7 Å². The molecule has 0 N–H and O–H groups in total. The Hall–Kier alpha value is -2.17. The van der Waals surface area contributed by atoms with Crippen LogP contribution in [-0.2, 0) is 9.53 Å². The topological polar surface area (TPSA) is 54.0 Å². The maximum absolute atomic E-state index is 11.7. The smallest absolute Gasteiger partial charge is 0.330 e. The van der Waals surface area contributed by atoms with Crippen LogP contribution < -0.4 is 14.2 Å². The molecule has 0 unspecified atom stereocenters. The zero-order chi connectivity index (χ0) is 17.1. The van der Waals surface area contributed by atoms with Crippen molar-refractivity contribution in [1.29, 1.82) is 0 Å². The van der Waals surface area contributed by atoms with Crippen molar-refractivity contribution in [2.75, 3.05) is 26.4 Å². The van der Waals surface area contributed by atoms with Crippen LogP contribution in [0.1, 0.15) is 39.7 Å². The fourth-order valence-corrected chi connectivity index (χ4v) is 1.94. The highest BCUT2D eigenvalue weighted by Gasteiger charge is 2.13. The zero-order valence-corrected chi connectivity index (χ0v) is 14.4. The van der Waals surface area contributed by atoms with E-state index in [1.165, 1.54) is 6.08 Å². The molecular weight excluding hydrogens is 296 g/mol. The number of carbonyl (C=O) groups is 1. The summed E-state index contributed by atoms with van der Waals surface area (Å²) in [4.78, 5) is 11.7. The number of benzene rings is 1. The zero-order valence-electron chi connectivity index (χ0n) is 14.4. The molecule has 0 saturated heterocycles. The van der Waals surface area contributed by atoms with E-state index in [9.17, 15) is 4.79 Å². The Morgan fingerprint density at radius 3 is 2.30 bits per heavy atom. The third-order valence-electron chi connectivity index (χ3n) is 2.80. The summed E-state index contributed by atoms with van der Waals surface area (Å²) in [5.74, 6) is 1.48. The van der Waals surface area contributed by atoms with Crippen LogP contribution in [0.2, 0.25) is 0 Å². The summed E-state index contributed by atoms with van der Waals surface area (Å²) < 4.78 is 21.9. The molecule has 1 aromatic carbocycles. The third-order valence-corrected chi connectivity index (χ3v) is 2.80. The van der Waals surface area contributed by atoms with Gasteiger partial charge in [-0.1, -0.05) is 6.92 Å². The second-order valence-corrected chi connectivity index (χ2v) is 4.64. The molecule has 0 aliphatic carbocycles. The molecular formula is C18H26O5. The molecule has 5 heteroatoms. The van der Waals surface area contributed by atoms with Gasteiger partial charge in [0.2, 0.25) is 0 Å². The number of esters is 1. The predicted molar refractivity (Wildman–Crippen MR) is 90.2 cm³/mol. The summed E-state index contributed by atoms with van der Waals surface area (Å²) in [5, 5.41) is 0. The van der Waals surface area contributed by atoms with Gasteiger partial charge in [-0.05, 0) is 39.3 Å². The van der Waals surface area contributed by atoms with Crippen LogP contribution in [0.15, 0.2) is 18.2 Å². The van der Waals surface area contributed by atoms with E-state index in [1.54, 1.807) is 12.1 Å². The van der Waals surface area contributed by atoms with Crippen LogP contribution in [0.25, 0.3) is 6.08 Å². The van der Waals surface area contributed by atoms with E-state index in [-0.39, 0.29) is 5.97 Å². The molecule has 0 saturated carbocycles. The average molecular weight is 322 g/mol. The number of hydrogen-bond acceptors (Lipinski definition) is 5. The van der Waals surface area contributed by atoms with Crippen LogP contribution >= 0.6 is 0 Å². The van der Waals surface area contributed by atoms with Crippen molar-refractivity contribution in [2.24, 2.45) is 0 Å². The predicted octanol–water partition coefficient (Wildman–Crippen LogP) is 3.85. The van der Waals surface area contributed by atoms with Crippen molar-refractivity contribution >= 4 is 12.0 Å². The second-order valence-electron chi connectivity index (χ2n) is 4.64. The molecule has 23 heavy (non-hydrogen) atoms. The van der Waals surface area contributed by atoms with E-state index in [2.05, 4.69) is 0 Å². The summed E-state index contributed by atoms with van der Waals surface area (Å²) in [6, 6.07) is 3.62. The second kappa shape index (κ2) is 10.5. The summed E-state index contributed by atoms with van der Waals surface area (Å²) in [7, 11) is 0. The van der Waals surface area contributed by atoms with Crippen molar-refractivity contribution in [3.63, 3.8) is 0 Å². The van der Waals surface area contributed by atoms with Gasteiger partial charge < -0.3 is 18.9 Å². The van der Waals surface area contributed by atoms with Gasteiger partial charge in [0.1, 0.15) is 5.75 Å². The van der Waals surface area contributed by atoms with E-state index in [1.807, 2.05) is 33.8 Å². The van der Waals surface area contributed by atoms with Gasteiger partial charge in [0.05, 0.1) is 26.4 Å². The van der Waals surface area contributed by atoms with E-state index in [0.717, 1.165) is 12.0 Å². The summed E-state index contributed by atoms with van der Waals surface area (Å²) in [6.07, 6.45) is 3.84. The average Bonchev–Trinajstić information content (AvgIpc) is 2.54. The van der Waals surface area contributed by atoms with Crippen LogP contribution in [0, 0.1) is 0 Å². The lowest BCUT2D eigenvalue weighted by Gasteiger charge is -2.15. The van der Waals surface area contributed by atoms with Gasteiger partial charge in [0, 0.05) is 17.7 Å². The number of ether oxygens (including phenoxy) is 4. The van der Waals surface area contributed by atoms with E-state index in [4.69, 9.17) is 18.9 Å². The molecule has 0 atom stereocenters. The molecule has 0 aliphatic heterocycles. The van der Waals surface area contributed by atoms with E-state index in [0.29, 0.717) is 43.7 Å². The molecule has 5 nitrogen and oxygen atoms in total. The normalized spacial score (nSPS) is 10.6. The standard InChI is InChI=1S/C18H26O5/c1-5-11-23-17(19)10-9-14-12-15(20-6-2)13-16(21-7-3)18(14)22-8-4/h9-10,12-13H,5-8,11H2,1-4H3. The molecule has 0 aromatic heterocycles. The van der Waals surface area contributed by atoms with Gasteiger partial charge in [0.15, 0.2) is 11.5 Å². The minimum absolute atomic E-state index is 0.380. The van der Waals surface area contributed by atoms with E-state index >= 15 is 0 Å². The first kappa shape index (κ1) is 18.9. The molecule has 0 radical (unpaired) electrons. The summed E-state index contributed by atoms with van der Waals surface area (Å²) in [5.41, 5.74) is 0.717. The number of carbonyl (C=O) groups excluding carboxylic acids is 1. The molecule has 0 spiro atoms. The first-order valence-corrected chi connectivity index (χ1v) is 8.07. The molecule has 1 rings (SSSR count). The highest BCUT2D eigenvalue weighted by atomic mass is 16.5. The molecule has 0 aliphatic rings. The quantitative estimate of drug-likeness (QED) is 0.484. The van der Waals surface area contributed by atoms with Gasteiger partial charge in [0.25, 0.3) is 0 Å². The van der Waals surface area contributed by atoms with Gasteiger partial charge in [-0.25, -0.2) is 4.79 Å². The van der Waals surface area contributed by atoms with Crippen LogP contribution in [0.3, 0.4) is 0 Å². The summed E-state index contributed by atoms with van der Waals surface area (Å²) in [6.45, 7) is 9.62. The molecule has 0 bridgehead atoms. The Morgan fingerprint density at radius 1 is 1.00 bits per heavy atom.